The SMILES string of the molecule is CC(C)n1c(C(N)c2cccs2)nc2cnccc21. The first-order valence-electron chi connectivity index (χ1n) is 6.29. The topological polar surface area (TPSA) is 56.7 Å². The lowest BCUT2D eigenvalue weighted by atomic mass is 10.2. The van der Waals surface area contributed by atoms with E-state index in [9.17, 15) is 0 Å². The molecule has 1 atom stereocenters. The van der Waals surface area contributed by atoms with E-state index >= 15 is 0 Å². The summed E-state index contributed by atoms with van der Waals surface area (Å²) >= 11 is 1.66. The van der Waals surface area contributed by atoms with E-state index in [-0.39, 0.29) is 6.04 Å². The van der Waals surface area contributed by atoms with E-state index in [2.05, 4.69) is 34.4 Å². The first-order valence-corrected chi connectivity index (χ1v) is 7.17. The molecule has 0 amide bonds. The van der Waals surface area contributed by atoms with Crippen LogP contribution in [0.2, 0.25) is 0 Å². The van der Waals surface area contributed by atoms with Crippen LogP contribution in [0.3, 0.4) is 0 Å². The maximum atomic E-state index is 6.37. The Balaban J connectivity index is 2.20. The number of nitrogens with two attached hydrogens (primary N) is 1. The molecule has 0 saturated carbocycles. The van der Waals surface area contributed by atoms with Gasteiger partial charge in [0.15, 0.2) is 0 Å². The first kappa shape index (κ1) is 12.3. The van der Waals surface area contributed by atoms with Crippen molar-refractivity contribution in [1.29, 1.82) is 0 Å². The van der Waals surface area contributed by atoms with E-state index in [0.29, 0.717) is 6.04 Å². The fourth-order valence-corrected chi connectivity index (χ4v) is 3.05. The summed E-state index contributed by atoms with van der Waals surface area (Å²) in [4.78, 5) is 9.94. The third-order valence-corrected chi connectivity index (χ3v) is 4.12. The number of aromatic nitrogens is 3. The standard InChI is InChI=1S/C14H16N4S/c1-9(2)18-11-5-6-16-8-10(11)17-14(18)13(15)12-4-3-7-19-12/h3-9,13H,15H2,1-2H3. The van der Waals surface area contributed by atoms with E-state index < -0.39 is 0 Å². The zero-order valence-electron chi connectivity index (χ0n) is 10.9. The minimum Gasteiger partial charge on any atom is -0.324 e. The van der Waals surface area contributed by atoms with Crippen molar-refractivity contribution < 1.29 is 0 Å². The molecule has 98 valence electrons. The van der Waals surface area contributed by atoms with Crippen LogP contribution in [0.5, 0.6) is 0 Å². The van der Waals surface area contributed by atoms with Crippen molar-refractivity contribution in [3.05, 3.63) is 46.7 Å². The summed E-state index contributed by atoms with van der Waals surface area (Å²) in [6.07, 6.45) is 3.59. The van der Waals surface area contributed by atoms with E-state index in [1.54, 1.807) is 23.7 Å². The van der Waals surface area contributed by atoms with Gasteiger partial charge >= 0.3 is 0 Å². The minimum absolute atomic E-state index is 0.185. The number of pyridine rings is 1. The second-order valence-corrected chi connectivity index (χ2v) is 5.77. The Kier molecular flexibility index (Phi) is 3.08. The summed E-state index contributed by atoms with van der Waals surface area (Å²) in [5, 5.41) is 2.04. The Bertz CT molecular complexity index is 685. The van der Waals surface area contributed by atoms with Gasteiger partial charge in [0.05, 0.1) is 17.8 Å². The smallest absolute Gasteiger partial charge is 0.132 e. The third kappa shape index (κ3) is 2.05. The zero-order valence-corrected chi connectivity index (χ0v) is 11.8. The van der Waals surface area contributed by atoms with Crippen molar-refractivity contribution in [2.45, 2.75) is 25.9 Å². The van der Waals surface area contributed by atoms with Crippen molar-refractivity contribution in [2.75, 3.05) is 0 Å². The highest BCUT2D eigenvalue weighted by molar-refractivity contribution is 7.10. The highest BCUT2D eigenvalue weighted by atomic mass is 32.1. The van der Waals surface area contributed by atoms with Crippen LogP contribution < -0.4 is 5.73 Å². The Hall–Kier alpha value is -1.72. The van der Waals surface area contributed by atoms with Gasteiger partial charge in [0.2, 0.25) is 0 Å². The molecule has 5 heteroatoms. The van der Waals surface area contributed by atoms with E-state index in [0.717, 1.165) is 21.7 Å². The lowest BCUT2D eigenvalue weighted by Crippen LogP contribution is -2.18. The highest BCUT2D eigenvalue weighted by Crippen LogP contribution is 2.28. The third-order valence-electron chi connectivity index (χ3n) is 3.16. The van der Waals surface area contributed by atoms with Crippen LogP contribution in [0.15, 0.2) is 36.0 Å². The lowest BCUT2D eigenvalue weighted by molar-refractivity contribution is 0.569. The van der Waals surface area contributed by atoms with Crippen LogP contribution >= 0.6 is 11.3 Å². The molecule has 1 unspecified atom stereocenters. The molecule has 19 heavy (non-hydrogen) atoms. The van der Waals surface area contributed by atoms with Gasteiger partial charge in [-0.25, -0.2) is 4.98 Å². The monoisotopic (exact) mass is 272 g/mol. The van der Waals surface area contributed by atoms with Crippen LogP contribution in [-0.4, -0.2) is 14.5 Å². The molecule has 0 radical (unpaired) electrons. The molecule has 3 aromatic heterocycles. The Labute approximate surface area is 115 Å². The normalized spacial score (nSPS) is 13.3. The number of fused-ring (bicyclic) bond motifs is 1. The molecular weight excluding hydrogens is 256 g/mol. The van der Waals surface area contributed by atoms with Crippen molar-refractivity contribution in [2.24, 2.45) is 5.73 Å². The predicted octanol–water partition coefficient (Wildman–Crippen LogP) is 3.12. The fraction of sp³-hybridized carbons (Fsp3) is 0.286. The van der Waals surface area contributed by atoms with E-state index in [4.69, 9.17) is 5.73 Å². The fourth-order valence-electron chi connectivity index (χ4n) is 2.33. The van der Waals surface area contributed by atoms with Gasteiger partial charge in [-0.1, -0.05) is 6.07 Å². The lowest BCUT2D eigenvalue weighted by Gasteiger charge is -2.16. The molecule has 0 aliphatic rings. The number of thiophene rings is 1. The summed E-state index contributed by atoms with van der Waals surface area (Å²) in [6.45, 7) is 4.29. The van der Waals surface area contributed by atoms with Gasteiger partial charge in [-0.15, -0.1) is 11.3 Å². The van der Waals surface area contributed by atoms with Crippen molar-refractivity contribution >= 4 is 22.4 Å². The van der Waals surface area contributed by atoms with Crippen LogP contribution in [0.4, 0.5) is 0 Å². The highest BCUT2D eigenvalue weighted by Gasteiger charge is 2.20. The largest absolute Gasteiger partial charge is 0.324 e. The second-order valence-electron chi connectivity index (χ2n) is 4.79. The molecule has 4 nitrogen and oxygen atoms in total. The summed E-state index contributed by atoms with van der Waals surface area (Å²) in [5.41, 5.74) is 8.36. The average molecular weight is 272 g/mol. The molecule has 2 N–H and O–H groups in total. The van der Waals surface area contributed by atoms with Crippen molar-refractivity contribution in [1.82, 2.24) is 14.5 Å². The number of hydrogen-bond donors (Lipinski definition) is 1. The molecule has 0 spiro atoms. The van der Waals surface area contributed by atoms with Crippen LogP contribution in [0.1, 0.15) is 36.6 Å². The van der Waals surface area contributed by atoms with E-state index in [1.165, 1.54) is 0 Å². The predicted molar refractivity (Wildman–Crippen MR) is 78.3 cm³/mol. The molecule has 0 saturated heterocycles. The molecule has 3 rings (SSSR count). The van der Waals surface area contributed by atoms with Gasteiger partial charge in [-0.3, -0.25) is 4.98 Å². The molecular formula is C14H16N4S. The Morgan fingerprint density at radius 2 is 2.16 bits per heavy atom. The molecule has 0 aliphatic carbocycles. The number of nitrogens with zero attached hydrogens (tertiary/aromatic N) is 3. The zero-order chi connectivity index (χ0) is 13.4. The van der Waals surface area contributed by atoms with Gasteiger partial charge in [0.1, 0.15) is 11.3 Å². The maximum Gasteiger partial charge on any atom is 0.132 e. The van der Waals surface area contributed by atoms with Gasteiger partial charge in [0.25, 0.3) is 0 Å². The van der Waals surface area contributed by atoms with Gasteiger partial charge in [-0.2, -0.15) is 0 Å². The van der Waals surface area contributed by atoms with E-state index in [1.807, 2.05) is 17.5 Å². The Morgan fingerprint density at radius 3 is 2.84 bits per heavy atom. The molecule has 0 bridgehead atoms. The van der Waals surface area contributed by atoms with Crippen molar-refractivity contribution in [3.8, 4) is 0 Å². The molecule has 3 aromatic rings. The second kappa shape index (κ2) is 4.75. The van der Waals surface area contributed by atoms with Crippen molar-refractivity contribution in [3.63, 3.8) is 0 Å². The maximum absolute atomic E-state index is 6.37. The number of imidazole rings is 1. The van der Waals surface area contributed by atoms with Crippen LogP contribution in [-0.2, 0) is 0 Å². The molecule has 0 fully saturated rings. The summed E-state index contributed by atoms with van der Waals surface area (Å²) < 4.78 is 2.20. The van der Waals surface area contributed by atoms with Gasteiger partial charge in [-0.05, 0) is 31.4 Å². The van der Waals surface area contributed by atoms with Gasteiger partial charge < -0.3 is 10.3 Å². The molecule has 0 aromatic carbocycles. The summed E-state index contributed by atoms with van der Waals surface area (Å²) in [5.74, 6) is 0.903. The quantitative estimate of drug-likeness (QED) is 0.797. The number of hydrogen-bond acceptors (Lipinski definition) is 4. The van der Waals surface area contributed by atoms with Crippen LogP contribution in [0, 0.1) is 0 Å². The average Bonchev–Trinajstić information content (AvgIpc) is 3.04. The number of rotatable bonds is 3. The summed E-state index contributed by atoms with van der Waals surface area (Å²) in [7, 11) is 0. The molecule has 3 heterocycles. The Morgan fingerprint density at radius 1 is 1.32 bits per heavy atom. The van der Waals surface area contributed by atoms with Crippen LogP contribution in [0.25, 0.3) is 11.0 Å². The molecule has 0 aliphatic heterocycles. The first-order chi connectivity index (χ1) is 9.18. The van der Waals surface area contributed by atoms with Gasteiger partial charge in [0, 0.05) is 17.1 Å². The minimum atomic E-state index is -0.185. The summed E-state index contributed by atoms with van der Waals surface area (Å²) in [6, 6.07) is 6.19.